The van der Waals surface area contributed by atoms with Gasteiger partial charge < -0.3 is 4.57 Å². The Kier molecular flexibility index (Phi) is 6.55. The minimum atomic E-state index is -4.35. The van der Waals surface area contributed by atoms with Crippen LogP contribution in [0.1, 0.15) is 19.4 Å². The molecule has 2 aromatic carbocycles. The van der Waals surface area contributed by atoms with Gasteiger partial charge in [-0.25, -0.2) is 4.98 Å². The Labute approximate surface area is 172 Å². The second-order valence-electron chi connectivity index (χ2n) is 6.55. The third-order valence-electron chi connectivity index (χ3n) is 4.84. The molecule has 1 aromatic heterocycles. The monoisotopic (exact) mass is 435 g/mol. The van der Waals surface area contributed by atoms with Crippen LogP contribution in [0.25, 0.3) is 11.1 Å². The van der Waals surface area contributed by atoms with Crippen LogP contribution in [-0.4, -0.2) is 17.3 Å². The summed E-state index contributed by atoms with van der Waals surface area (Å²) in [5.41, 5.74) is 1.14. The number of aromatic nitrogens is 1. The lowest BCUT2D eigenvalue weighted by atomic mass is 10.1. The van der Waals surface area contributed by atoms with E-state index in [1.54, 1.807) is 6.20 Å². The maximum Gasteiger partial charge on any atom is 0.416 e. The number of rotatable bonds is 6. The number of hydrogen-bond acceptors (Lipinski definition) is 3. The summed E-state index contributed by atoms with van der Waals surface area (Å²) < 4.78 is 51.2. The van der Waals surface area contributed by atoms with E-state index in [1.165, 1.54) is 23.9 Å². The van der Waals surface area contributed by atoms with E-state index in [0.29, 0.717) is 22.2 Å². The fourth-order valence-corrected chi connectivity index (χ4v) is 5.79. The van der Waals surface area contributed by atoms with Gasteiger partial charge in [-0.15, -0.1) is 0 Å². The Morgan fingerprint density at radius 2 is 1.55 bits per heavy atom. The van der Waals surface area contributed by atoms with Crippen molar-refractivity contribution in [2.75, 3.05) is 12.3 Å². The first-order chi connectivity index (χ1) is 13.8. The van der Waals surface area contributed by atoms with E-state index in [4.69, 9.17) is 0 Å². The van der Waals surface area contributed by atoms with E-state index in [1.807, 2.05) is 50.2 Å². The lowest BCUT2D eigenvalue weighted by Crippen LogP contribution is -2.08. The van der Waals surface area contributed by atoms with Gasteiger partial charge in [0.2, 0.25) is 0 Å². The van der Waals surface area contributed by atoms with Crippen molar-refractivity contribution in [1.29, 1.82) is 0 Å². The molecule has 7 heteroatoms. The van der Waals surface area contributed by atoms with Gasteiger partial charge in [-0.1, -0.05) is 55.9 Å². The highest BCUT2D eigenvalue weighted by atomic mass is 32.2. The van der Waals surface area contributed by atoms with Gasteiger partial charge in [0.05, 0.1) is 5.56 Å². The van der Waals surface area contributed by atoms with E-state index in [0.717, 1.165) is 28.6 Å². The average molecular weight is 435 g/mol. The van der Waals surface area contributed by atoms with Crippen LogP contribution in [0, 0.1) is 0 Å². The first-order valence-corrected chi connectivity index (χ1v) is 12.2. The van der Waals surface area contributed by atoms with Gasteiger partial charge in [0, 0.05) is 34.3 Å². The zero-order valence-corrected chi connectivity index (χ0v) is 17.8. The Morgan fingerprint density at radius 3 is 2.10 bits per heavy atom. The number of benzene rings is 2. The third-order valence-corrected chi connectivity index (χ3v) is 9.15. The predicted molar refractivity (Wildman–Crippen MR) is 114 cm³/mol. The lowest BCUT2D eigenvalue weighted by Gasteiger charge is -2.15. The van der Waals surface area contributed by atoms with Crippen molar-refractivity contribution in [2.45, 2.75) is 29.9 Å². The van der Waals surface area contributed by atoms with Gasteiger partial charge in [0.1, 0.15) is 12.2 Å². The van der Waals surface area contributed by atoms with Crippen LogP contribution in [0.4, 0.5) is 13.2 Å². The molecule has 3 aromatic rings. The van der Waals surface area contributed by atoms with Crippen LogP contribution in [-0.2, 0) is 10.7 Å². The second kappa shape index (κ2) is 8.76. The van der Waals surface area contributed by atoms with Crippen molar-refractivity contribution in [1.82, 2.24) is 4.98 Å². The molecule has 0 amide bonds. The van der Waals surface area contributed by atoms with E-state index in [9.17, 15) is 17.7 Å². The quantitative estimate of drug-likeness (QED) is 0.393. The van der Waals surface area contributed by atoms with Gasteiger partial charge in [0.15, 0.2) is 0 Å². The lowest BCUT2D eigenvalue weighted by molar-refractivity contribution is -0.137. The Morgan fingerprint density at radius 1 is 0.931 bits per heavy atom. The van der Waals surface area contributed by atoms with Crippen molar-refractivity contribution < 1.29 is 17.7 Å². The fourth-order valence-electron chi connectivity index (χ4n) is 3.02. The summed E-state index contributed by atoms with van der Waals surface area (Å²) in [6.45, 7) is 3.89. The maximum absolute atomic E-state index is 12.9. The first-order valence-electron chi connectivity index (χ1n) is 9.26. The molecule has 1 heterocycles. The van der Waals surface area contributed by atoms with Crippen molar-refractivity contribution in [3.63, 3.8) is 0 Å². The molecule has 0 unspecified atom stereocenters. The first kappa shape index (κ1) is 21.7. The largest absolute Gasteiger partial charge is 0.416 e. The molecule has 3 rings (SSSR count). The molecule has 0 atom stereocenters. The fraction of sp³-hybridized carbons (Fsp3) is 0.227. The number of nitrogens with zero attached hydrogens (tertiary/aromatic N) is 1. The van der Waals surface area contributed by atoms with Crippen molar-refractivity contribution in [2.24, 2.45) is 0 Å². The van der Waals surface area contributed by atoms with Crippen molar-refractivity contribution in [3.05, 3.63) is 72.4 Å². The predicted octanol–water partition coefficient (Wildman–Crippen LogP) is 6.95. The van der Waals surface area contributed by atoms with E-state index >= 15 is 0 Å². The van der Waals surface area contributed by atoms with Crippen molar-refractivity contribution in [3.8, 4) is 11.1 Å². The van der Waals surface area contributed by atoms with Gasteiger partial charge in [0.25, 0.3) is 0 Å². The molecule has 0 aliphatic carbocycles. The molecular formula is C22H21F3NOPS. The molecule has 0 aliphatic heterocycles. The summed E-state index contributed by atoms with van der Waals surface area (Å²) in [5, 5.41) is 1.57. The van der Waals surface area contributed by atoms with Crippen LogP contribution in [0.15, 0.2) is 76.8 Å². The number of alkyl halides is 3. The highest BCUT2D eigenvalue weighted by Crippen LogP contribution is 2.44. The molecule has 0 aliphatic rings. The van der Waals surface area contributed by atoms with Gasteiger partial charge >= 0.3 is 6.18 Å². The Hall–Kier alpha value is -2.04. The average Bonchev–Trinajstić information content (AvgIpc) is 2.73. The van der Waals surface area contributed by atoms with Crippen LogP contribution >= 0.6 is 18.9 Å². The van der Waals surface area contributed by atoms with Gasteiger partial charge in [-0.05, 0) is 35.9 Å². The van der Waals surface area contributed by atoms with Crippen LogP contribution < -0.4 is 5.30 Å². The van der Waals surface area contributed by atoms with E-state index < -0.39 is 18.9 Å². The van der Waals surface area contributed by atoms with Gasteiger partial charge in [-0.2, -0.15) is 13.2 Å². The molecule has 0 fully saturated rings. The molecule has 0 saturated carbocycles. The molecule has 0 saturated heterocycles. The van der Waals surface area contributed by atoms with E-state index in [2.05, 4.69) is 4.98 Å². The normalized spacial score (nSPS) is 12.2. The zero-order valence-electron chi connectivity index (χ0n) is 16.1. The summed E-state index contributed by atoms with van der Waals surface area (Å²) in [6, 6.07) is 16.5. The third kappa shape index (κ3) is 4.93. The Bertz CT molecular complexity index is 1010. The highest BCUT2D eigenvalue weighted by molar-refractivity contribution is 7.99. The summed E-state index contributed by atoms with van der Waals surface area (Å²) >= 11 is 1.31. The van der Waals surface area contributed by atoms with E-state index in [-0.39, 0.29) is 0 Å². The number of halogens is 3. The standard InChI is InChI=1S/C22H21F3NOPS/c1-3-28(27,4-2)18-11-7-16(8-12-18)20-6-5-15-26-21(20)29-19-13-9-17(10-14-19)22(23,24)25/h5-15H,3-4H2,1-2H3. The molecular weight excluding hydrogens is 414 g/mol. The minimum Gasteiger partial charge on any atom is -0.319 e. The number of hydrogen-bond donors (Lipinski definition) is 0. The van der Waals surface area contributed by atoms with Crippen LogP contribution in [0.2, 0.25) is 0 Å². The Balaban J connectivity index is 1.89. The smallest absolute Gasteiger partial charge is 0.319 e. The molecule has 2 nitrogen and oxygen atoms in total. The van der Waals surface area contributed by atoms with Crippen LogP contribution in [0.3, 0.4) is 0 Å². The molecule has 0 radical (unpaired) electrons. The maximum atomic E-state index is 12.9. The van der Waals surface area contributed by atoms with Crippen LogP contribution in [0.5, 0.6) is 0 Å². The number of pyridine rings is 1. The summed E-state index contributed by atoms with van der Waals surface area (Å²) in [4.78, 5) is 5.09. The molecule has 0 N–H and O–H groups in total. The SMILES string of the molecule is CCP(=O)(CC)c1ccc(-c2cccnc2Sc2ccc(C(F)(F)F)cc2)cc1. The van der Waals surface area contributed by atoms with Crippen molar-refractivity contribution >= 4 is 24.2 Å². The highest BCUT2D eigenvalue weighted by Gasteiger charge is 2.30. The summed E-state index contributed by atoms with van der Waals surface area (Å²) in [6.07, 6.45) is -1.43. The molecule has 0 spiro atoms. The summed E-state index contributed by atoms with van der Waals surface area (Å²) in [7, 11) is -2.34. The summed E-state index contributed by atoms with van der Waals surface area (Å²) in [5.74, 6) is 0. The molecule has 152 valence electrons. The van der Waals surface area contributed by atoms with Gasteiger partial charge in [-0.3, -0.25) is 0 Å². The second-order valence-corrected chi connectivity index (χ2v) is 11.2. The molecule has 29 heavy (non-hydrogen) atoms. The molecule has 0 bridgehead atoms. The minimum absolute atomic E-state index is 0.630. The zero-order chi connectivity index (χ0) is 21.1. The topological polar surface area (TPSA) is 30.0 Å².